The van der Waals surface area contributed by atoms with E-state index in [4.69, 9.17) is 4.74 Å². The summed E-state index contributed by atoms with van der Waals surface area (Å²) in [5, 5.41) is 0. The lowest BCUT2D eigenvalue weighted by molar-refractivity contribution is -0.138. The summed E-state index contributed by atoms with van der Waals surface area (Å²) >= 11 is 0. The lowest BCUT2D eigenvalue weighted by atomic mass is 10.0. The Morgan fingerprint density at radius 3 is 2.10 bits per heavy atom. The van der Waals surface area contributed by atoms with Crippen LogP contribution in [0.2, 0.25) is 0 Å². The van der Waals surface area contributed by atoms with Crippen LogP contribution in [0, 0.1) is 5.92 Å². The van der Waals surface area contributed by atoms with Gasteiger partial charge in [-0.3, -0.25) is 14.5 Å². The van der Waals surface area contributed by atoms with E-state index in [1.165, 1.54) is 4.90 Å². The largest absolute Gasteiger partial charge is 0.495 e. The van der Waals surface area contributed by atoms with Crippen molar-refractivity contribution in [2.75, 3.05) is 44.7 Å². The average molecular weight is 420 g/mol. The highest BCUT2D eigenvalue weighted by molar-refractivity contribution is 6.35. The molecule has 2 amide bonds. The molecule has 4 rings (SSSR count). The molecule has 1 fully saturated rings. The second-order valence-corrected chi connectivity index (χ2v) is 8.35. The van der Waals surface area contributed by atoms with Gasteiger partial charge in [0.05, 0.1) is 18.4 Å². The summed E-state index contributed by atoms with van der Waals surface area (Å²) in [7, 11) is 1.68. The maximum absolute atomic E-state index is 13.4. The lowest BCUT2D eigenvalue weighted by Gasteiger charge is -2.38. The molecule has 1 saturated heterocycles. The first-order valence-electron chi connectivity index (χ1n) is 10.8. The van der Waals surface area contributed by atoms with Crippen LogP contribution >= 0.6 is 0 Å². The quantitative estimate of drug-likeness (QED) is 0.673. The Labute approximate surface area is 183 Å². The minimum atomic E-state index is -0.188. The minimum Gasteiger partial charge on any atom is -0.495 e. The molecule has 0 aromatic heterocycles. The number of hydrogen-bond donors (Lipinski definition) is 0. The first-order valence-corrected chi connectivity index (χ1v) is 10.8. The predicted molar refractivity (Wildman–Crippen MR) is 122 cm³/mol. The summed E-state index contributed by atoms with van der Waals surface area (Å²) in [5.41, 5.74) is 2.92. The van der Waals surface area contributed by atoms with Gasteiger partial charge < -0.3 is 14.5 Å². The molecule has 0 spiro atoms. The SMILES string of the molecule is COc1ccccc1N1CCN(C2=C(c3ccccc3)C(=O)N(CC(C)C)C2=O)CC1. The number of methoxy groups -OCH3 is 1. The van der Waals surface area contributed by atoms with Crippen molar-refractivity contribution in [3.63, 3.8) is 0 Å². The zero-order valence-electron chi connectivity index (χ0n) is 18.4. The summed E-state index contributed by atoms with van der Waals surface area (Å²) in [4.78, 5) is 32.4. The molecule has 0 aliphatic carbocycles. The smallest absolute Gasteiger partial charge is 0.277 e. The van der Waals surface area contributed by atoms with Gasteiger partial charge in [-0.15, -0.1) is 0 Å². The first kappa shape index (κ1) is 21.0. The van der Waals surface area contributed by atoms with Gasteiger partial charge in [0.2, 0.25) is 0 Å². The Morgan fingerprint density at radius 2 is 1.45 bits per heavy atom. The van der Waals surface area contributed by atoms with Gasteiger partial charge in [0, 0.05) is 32.7 Å². The van der Waals surface area contributed by atoms with E-state index in [9.17, 15) is 9.59 Å². The summed E-state index contributed by atoms with van der Waals surface area (Å²) in [5.74, 6) is 0.692. The van der Waals surface area contributed by atoms with Crippen LogP contribution in [0.5, 0.6) is 5.75 Å². The Bertz CT molecular complexity index is 992. The summed E-state index contributed by atoms with van der Waals surface area (Å²) in [6.07, 6.45) is 0. The maximum Gasteiger partial charge on any atom is 0.277 e. The number of hydrogen-bond acceptors (Lipinski definition) is 5. The third-order valence-corrected chi connectivity index (χ3v) is 5.78. The van der Waals surface area contributed by atoms with E-state index in [0.29, 0.717) is 30.9 Å². The fraction of sp³-hybridized carbons (Fsp3) is 0.360. The molecule has 2 aliphatic rings. The molecule has 0 bridgehead atoms. The number of piperazine rings is 1. The number of imide groups is 1. The maximum atomic E-state index is 13.4. The van der Waals surface area contributed by atoms with Crippen LogP contribution in [-0.2, 0) is 9.59 Å². The van der Waals surface area contributed by atoms with Crippen molar-refractivity contribution in [2.24, 2.45) is 5.92 Å². The first-order chi connectivity index (χ1) is 15.0. The number of benzene rings is 2. The van der Waals surface area contributed by atoms with Crippen molar-refractivity contribution in [3.05, 3.63) is 65.9 Å². The number of nitrogens with zero attached hydrogens (tertiary/aromatic N) is 3. The van der Waals surface area contributed by atoms with E-state index in [2.05, 4.69) is 15.9 Å². The van der Waals surface area contributed by atoms with Gasteiger partial charge in [-0.25, -0.2) is 0 Å². The van der Waals surface area contributed by atoms with Crippen LogP contribution in [-0.4, -0.2) is 61.4 Å². The topological polar surface area (TPSA) is 53.1 Å². The molecule has 0 saturated carbocycles. The van der Waals surface area contributed by atoms with Crippen LogP contribution in [0.15, 0.2) is 60.3 Å². The molecule has 6 heteroatoms. The summed E-state index contributed by atoms with van der Waals surface area (Å²) in [6, 6.07) is 17.5. The number of rotatable bonds is 6. The zero-order chi connectivity index (χ0) is 22.0. The van der Waals surface area contributed by atoms with Crippen LogP contribution in [0.1, 0.15) is 19.4 Å². The van der Waals surface area contributed by atoms with Gasteiger partial charge in [0.1, 0.15) is 11.4 Å². The van der Waals surface area contributed by atoms with Gasteiger partial charge in [-0.1, -0.05) is 56.3 Å². The Balaban J connectivity index is 1.62. The van der Waals surface area contributed by atoms with Crippen LogP contribution < -0.4 is 9.64 Å². The molecule has 0 N–H and O–H groups in total. The number of carbonyl (C=O) groups excluding carboxylic acids is 2. The molecule has 0 atom stereocenters. The van der Waals surface area contributed by atoms with Crippen molar-refractivity contribution in [3.8, 4) is 5.75 Å². The van der Waals surface area contributed by atoms with Crippen molar-refractivity contribution in [1.82, 2.24) is 9.80 Å². The molecule has 0 radical (unpaired) electrons. The average Bonchev–Trinajstić information content (AvgIpc) is 3.04. The van der Waals surface area contributed by atoms with Gasteiger partial charge in [0.15, 0.2) is 0 Å². The normalized spacial score (nSPS) is 17.2. The monoisotopic (exact) mass is 419 g/mol. The molecule has 31 heavy (non-hydrogen) atoms. The Kier molecular flexibility index (Phi) is 5.98. The van der Waals surface area contributed by atoms with Crippen molar-refractivity contribution < 1.29 is 14.3 Å². The zero-order valence-corrected chi connectivity index (χ0v) is 18.4. The van der Waals surface area contributed by atoms with Crippen molar-refractivity contribution >= 4 is 23.1 Å². The number of para-hydroxylation sites is 2. The standard InChI is InChI=1S/C25H29N3O3/c1-18(2)17-28-24(29)22(19-9-5-4-6-10-19)23(25(28)30)27-15-13-26(14-16-27)20-11-7-8-12-21(20)31-3/h4-12,18H,13-17H2,1-3H3. The van der Waals surface area contributed by atoms with Gasteiger partial charge >= 0.3 is 0 Å². The fourth-order valence-corrected chi connectivity index (χ4v) is 4.31. The predicted octanol–water partition coefficient (Wildman–Crippen LogP) is 3.25. The lowest BCUT2D eigenvalue weighted by Crippen LogP contribution is -2.48. The van der Waals surface area contributed by atoms with Gasteiger partial charge in [0.25, 0.3) is 11.8 Å². The van der Waals surface area contributed by atoms with Crippen LogP contribution in [0.3, 0.4) is 0 Å². The van der Waals surface area contributed by atoms with Gasteiger partial charge in [-0.2, -0.15) is 0 Å². The number of carbonyl (C=O) groups is 2. The van der Waals surface area contributed by atoms with Crippen molar-refractivity contribution in [1.29, 1.82) is 0 Å². The molecular weight excluding hydrogens is 390 g/mol. The van der Waals surface area contributed by atoms with E-state index in [0.717, 1.165) is 30.1 Å². The molecule has 2 aliphatic heterocycles. The number of amides is 2. The third-order valence-electron chi connectivity index (χ3n) is 5.78. The van der Waals surface area contributed by atoms with E-state index >= 15 is 0 Å². The Hall–Kier alpha value is -3.28. The molecule has 162 valence electrons. The molecule has 0 unspecified atom stereocenters. The number of anilines is 1. The van der Waals surface area contributed by atoms with Crippen LogP contribution in [0.4, 0.5) is 5.69 Å². The minimum absolute atomic E-state index is 0.178. The molecular formula is C25H29N3O3. The van der Waals surface area contributed by atoms with E-state index in [1.807, 2.05) is 62.4 Å². The highest BCUT2D eigenvalue weighted by atomic mass is 16.5. The fourth-order valence-electron chi connectivity index (χ4n) is 4.31. The highest BCUT2D eigenvalue weighted by Gasteiger charge is 2.42. The molecule has 2 heterocycles. The van der Waals surface area contributed by atoms with Crippen LogP contribution in [0.25, 0.3) is 5.57 Å². The third kappa shape index (κ3) is 4.02. The summed E-state index contributed by atoms with van der Waals surface area (Å²) in [6.45, 7) is 7.30. The van der Waals surface area contributed by atoms with Crippen molar-refractivity contribution in [2.45, 2.75) is 13.8 Å². The molecule has 2 aromatic carbocycles. The second kappa shape index (κ2) is 8.84. The Morgan fingerprint density at radius 1 is 0.839 bits per heavy atom. The summed E-state index contributed by atoms with van der Waals surface area (Å²) < 4.78 is 5.51. The van der Waals surface area contributed by atoms with E-state index < -0.39 is 0 Å². The number of ether oxygens (including phenoxy) is 1. The van der Waals surface area contributed by atoms with Gasteiger partial charge in [-0.05, 0) is 23.6 Å². The van der Waals surface area contributed by atoms with E-state index in [-0.39, 0.29) is 17.7 Å². The van der Waals surface area contributed by atoms with E-state index in [1.54, 1.807) is 7.11 Å². The second-order valence-electron chi connectivity index (χ2n) is 8.35. The highest BCUT2D eigenvalue weighted by Crippen LogP contribution is 2.34. The molecule has 6 nitrogen and oxygen atoms in total. The molecule has 2 aromatic rings.